The average molecular weight is 330 g/mol. The van der Waals surface area contributed by atoms with Gasteiger partial charge in [0, 0.05) is 23.5 Å². The van der Waals surface area contributed by atoms with Gasteiger partial charge >= 0.3 is 6.36 Å². The number of aromatic nitrogens is 1. The number of ether oxygens (including phenoxy) is 1. The third-order valence-electron chi connectivity index (χ3n) is 3.31. The number of halogens is 3. The summed E-state index contributed by atoms with van der Waals surface area (Å²) in [6.07, 6.45) is -5.44. The Kier molecular flexibility index (Phi) is 4.84. The summed E-state index contributed by atoms with van der Waals surface area (Å²) >= 11 is 0. The van der Waals surface area contributed by atoms with Crippen LogP contribution in [0.15, 0.2) is 24.3 Å². The molecule has 0 saturated carbocycles. The van der Waals surface area contributed by atoms with Crippen LogP contribution in [-0.2, 0) is 0 Å². The predicted molar refractivity (Wildman–Crippen MR) is 78.2 cm³/mol. The van der Waals surface area contributed by atoms with E-state index in [4.69, 9.17) is 0 Å². The molecule has 3 N–H and O–H groups in total. The predicted octanol–water partition coefficient (Wildman–Crippen LogP) is 2.81. The summed E-state index contributed by atoms with van der Waals surface area (Å²) in [4.78, 5) is 14.7. The molecular weight excluding hydrogens is 313 g/mol. The summed E-state index contributed by atoms with van der Waals surface area (Å²) < 4.78 is 40.4. The minimum atomic E-state index is -4.77. The van der Waals surface area contributed by atoms with Gasteiger partial charge in [0.2, 0.25) is 0 Å². The van der Waals surface area contributed by atoms with E-state index in [1.807, 2.05) is 13.8 Å². The van der Waals surface area contributed by atoms with Gasteiger partial charge in [0.1, 0.15) is 11.4 Å². The quantitative estimate of drug-likeness (QED) is 0.789. The van der Waals surface area contributed by atoms with Gasteiger partial charge < -0.3 is 20.1 Å². The SMILES string of the molecule is CC(C)C(O)CNC(=O)c1cc2ccc(OC(F)(F)F)cc2[nH]1. The van der Waals surface area contributed by atoms with Crippen molar-refractivity contribution in [2.24, 2.45) is 5.92 Å². The van der Waals surface area contributed by atoms with Gasteiger partial charge in [0.15, 0.2) is 0 Å². The van der Waals surface area contributed by atoms with Crippen LogP contribution in [0.5, 0.6) is 5.75 Å². The normalized spacial score (nSPS) is 13.3. The van der Waals surface area contributed by atoms with Crippen molar-refractivity contribution >= 4 is 16.8 Å². The minimum absolute atomic E-state index is 0.0000829. The van der Waals surface area contributed by atoms with Crippen LogP contribution < -0.4 is 10.1 Å². The number of H-pyrrole nitrogens is 1. The van der Waals surface area contributed by atoms with Gasteiger partial charge in [-0.05, 0) is 24.1 Å². The van der Waals surface area contributed by atoms with E-state index in [-0.39, 0.29) is 23.9 Å². The van der Waals surface area contributed by atoms with Crippen molar-refractivity contribution in [3.63, 3.8) is 0 Å². The second kappa shape index (κ2) is 6.49. The topological polar surface area (TPSA) is 74.3 Å². The molecule has 2 aromatic rings. The van der Waals surface area contributed by atoms with Crippen LogP contribution in [-0.4, -0.2) is 35.0 Å². The number of fused-ring (bicyclic) bond motifs is 1. The monoisotopic (exact) mass is 330 g/mol. The standard InChI is InChI=1S/C15H17F3N2O3/c1-8(2)13(21)7-19-14(22)12-5-9-3-4-10(6-11(9)20-12)23-15(16,17)18/h3-6,8,13,20-21H,7H2,1-2H3,(H,19,22). The largest absolute Gasteiger partial charge is 0.573 e. The van der Waals surface area contributed by atoms with E-state index < -0.39 is 18.4 Å². The zero-order valence-electron chi connectivity index (χ0n) is 12.6. The van der Waals surface area contributed by atoms with Crippen molar-refractivity contribution in [2.45, 2.75) is 26.3 Å². The van der Waals surface area contributed by atoms with Gasteiger partial charge in [-0.3, -0.25) is 4.79 Å². The van der Waals surface area contributed by atoms with E-state index in [0.29, 0.717) is 10.9 Å². The second-order valence-electron chi connectivity index (χ2n) is 5.50. The van der Waals surface area contributed by atoms with Crippen molar-refractivity contribution in [3.8, 4) is 5.75 Å². The van der Waals surface area contributed by atoms with Crippen LogP contribution >= 0.6 is 0 Å². The average Bonchev–Trinajstić information content (AvgIpc) is 2.85. The van der Waals surface area contributed by atoms with E-state index >= 15 is 0 Å². The zero-order chi connectivity index (χ0) is 17.2. The molecule has 2 rings (SSSR count). The Morgan fingerprint density at radius 1 is 1.35 bits per heavy atom. The van der Waals surface area contributed by atoms with Gasteiger partial charge in [-0.2, -0.15) is 0 Å². The lowest BCUT2D eigenvalue weighted by atomic mass is 10.1. The Morgan fingerprint density at radius 3 is 2.65 bits per heavy atom. The maximum absolute atomic E-state index is 12.2. The van der Waals surface area contributed by atoms with Crippen molar-refractivity contribution in [3.05, 3.63) is 30.0 Å². The summed E-state index contributed by atoms with van der Waals surface area (Å²) in [5.41, 5.74) is 0.543. The summed E-state index contributed by atoms with van der Waals surface area (Å²) in [6, 6.07) is 5.28. The van der Waals surface area contributed by atoms with Gasteiger partial charge in [-0.25, -0.2) is 0 Å². The summed E-state index contributed by atoms with van der Waals surface area (Å²) in [5, 5.41) is 12.8. The molecule has 1 unspecified atom stereocenters. The number of nitrogens with one attached hydrogen (secondary N) is 2. The molecule has 0 aliphatic heterocycles. The van der Waals surface area contributed by atoms with Crippen LogP contribution in [0.1, 0.15) is 24.3 Å². The number of carbonyl (C=O) groups excluding carboxylic acids is 1. The summed E-state index contributed by atoms with van der Waals surface area (Å²) in [7, 11) is 0. The van der Waals surface area contributed by atoms with E-state index in [1.54, 1.807) is 0 Å². The summed E-state index contributed by atoms with van der Waals surface area (Å²) in [5.74, 6) is -0.812. The van der Waals surface area contributed by atoms with E-state index in [0.717, 1.165) is 0 Å². The van der Waals surface area contributed by atoms with Crippen molar-refractivity contribution in [1.29, 1.82) is 0 Å². The number of rotatable bonds is 5. The highest BCUT2D eigenvalue weighted by Gasteiger charge is 2.31. The van der Waals surface area contributed by atoms with Gasteiger partial charge in [-0.15, -0.1) is 13.2 Å². The molecule has 0 radical (unpaired) electrons. The maximum atomic E-state index is 12.2. The molecule has 1 atom stereocenters. The first-order valence-corrected chi connectivity index (χ1v) is 7.00. The maximum Gasteiger partial charge on any atom is 0.573 e. The fourth-order valence-corrected chi connectivity index (χ4v) is 1.95. The first-order chi connectivity index (χ1) is 10.7. The Morgan fingerprint density at radius 2 is 2.04 bits per heavy atom. The fraction of sp³-hybridized carbons (Fsp3) is 0.400. The number of aliphatic hydroxyl groups is 1. The zero-order valence-corrected chi connectivity index (χ0v) is 12.6. The third-order valence-corrected chi connectivity index (χ3v) is 3.31. The van der Waals surface area contributed by atoms with Crippen LogP contribution in [0.2, 0.25) is 0 Å². The van der Waals surface area contributed by atoms with Gasteiger partial charge in [-0.1, -0.05) is 13.8 Å². The molecule has 1 heterocycles. The number of alkyl halides is 3. The smallest absolute Gasteiger partial charge is 0.406 e. The number of benzene rings is 1. The lowest BCUT2D eigenvalue weighted by Crippen LogP contribution is -2.34. The Labute approximate surface area is 130 Å². The number of amides is 1. The Balaban J connectivity index is 2.12. The van der Waals surface area contributed by atoms with E-state index in [9.17, 15) is 23.1 Å². The minimum Gasteiger partial charge on any atom is -0.406 e. The molecule has 5 nitrogen and oxygen atoms in total. The van der Waals surface area contributed by atoms with Gasteiger partial charge in [0.05, 0.1) is 6.10 Å². The van der Waals surface area contributed by atoms with Crippen LogP contribution in [0, 0.1) is 5.92 Å². The highest BCUT2D eigenvalue weighted by atomic mass is 19.4. The molecule has 1 amide bonds. The number of carbonyl (C=O) groups is 1. The first kappa shape index (κ1) is 17.1. The molecule has 0 saturated heterocycles. The van der Waals surface area contributed by atoms with Crippen LogP contribution in [0.4, 0.5) is 13.2 Å². The van der Waals surface area contributed by atoms with Crippen LogP contribution in [0.3, 0.4) is 0 Å². The molecule has 0 bridgehead atoms. The van der Waals surface area contributed by atoms with Gasteiger partial charge in [0.25, 0.3) is 5.91 Å². The van der Waals surface area contributed by atoms with Crippen molar-refractivity contribution in [2.75, 3.05) is 6.54 Å². The number of aliphatic hydroxyl groups excluding tert-OH is 1. The van der Waals surface area contributed by atoms with E-state index in [2.05, 4.69) is 15.0 Å². The Bertz CT molecular complexity index is 695. The van der Waals surface area contributed by atoms with E-state index in [1.165, 1.54) is 24.3 Å². The molecular formula is C15H17F3N2O3. The lowest BCUT2D eigenvalue weighted by Gasteiger charge is -2.14. The molecule has 0 aliphatic rings. The fourth-order valence-electron chi connectivity index (χ4n) is 1.95. The second-order valence-corrected chi connectivity index (χ2v) is 5.50. The lowest BCUT2D eigenvalue weighted by molar-refractivity contribution is -0.274. The molecule has 0 aliphatic carbocycles. The van der Waals surface area contributed by atoms with Crippen molar-refractivity contribution < 1.29 is 27.8 Å². The molecule has 126 valence electrons. The third kappa shape index (κ3) is 4.62. The Hall–Kier alpha value is -2.22. The molecule has 23 heavy (non-hydrogen) atoms. The highest BCUT2D eigenvalue weighted by Crippen LogP contribution is 2.26. The molecule has 8 heteroatoms. The highest BCUT2D eigenvalue weighted by molar-refractivity contribution is 5.98. The molecule has 0 spiro atoms. The van der Waals surface area contributed by atoms with Crippen molar-refractivity contribution in [1.82, 2.24) is 10.3 Å². The van der Waals surface area contributed by atoms with Crippen LogP contribution in [0.25, 0.3) is 10.9 Å². The number of hydrogen-bond acceptors (Lipinski definition) is 3. The molecule has 1 aromatic carbocycles. The number of hydrogen-bond donors (Lipinski definition) is 3. The first-order valence-electron chi connectivity index (χ1n) is 7.00. The molecule has 1 aromatic heterocycles. The molecule has 0 fully saturated rings. The number of aromatic amines is 1. The summed E-state index contributed by atoms with van der Waals surface area (Å²) in [6.45, 7) is 3.73.